The normalized spacial score (nSPS) is 27.2. The topological polar surface area (TPSA) is 93.5 Å². The van der Waals surface area contributed by atoms with Crippen molar-refractivity contribution in [3.05, 3.63) is 12.5 Å². The van der Waals surface area contributed by atoms with Crippen molar-refractivity contribution in [2.24, 2.45) is 18.9 Å². The molecule has 2 unspecified atom stereocenters. The Labute approximate surface area is 155 Å². The third-order valence-corrected chi connectivity index (χ3v) is 6.75. The maximum atomic E-state index is 13.1. The second kappa shape index (κ2) is 6.84. The van der Waals surface area contributed by atoms with E-state index in [2.05, 4.69) is 10.3 Å². The fourth-order valence-electron chi connectivity index (χ4n) is 3.93. The van der Waals surface area contributed by atoms with Crippen LogP contribution in [0.5, 0.6) is 0 Å². The van der Waals surface area contributed by atoms with Crippen LogP contribution in [-0.2, 0) is 21.8 Å². The summed E-state index contributed by atoms with van der Waals surface area (Å²) in [6, 6.07) is 0. The van der Waals surface area contributed by atoms with Crippen LogP contribution in [-0.4, -0.2) is 46.7 Å². The highest BCUT2D eigenvalue weighted by molar-refractivity contribution is 7.89. The molecule has 1 saturated heterocycles. The van der Waals surface area contributed by atoms with Crippen molar-refractivity contribution in [2.75, 3.05) is 6.54 Å². The van der Waals surface area contributed by atoms with Crippen LogP contribution in [0.2, 0.25) is 0 Å². The van der Waals surface area contributed by atoms with Gasteiger partial charge in [0.25, 0.3) is 10.0 Å². The molecule has 26 heavy (non-hydrogen) atoms. The minimum Gasteiger partial charge on any atom is -0.444 e. The van der Waals surface area contributed by atoms with E-state index in [9.17, 15) is 13.2 Å². The zero-order chi connectivity index (χ0) is 19.1. The Bertz CT molecular complexity index is 768. The highest BCUT2D eigenvalue weighted by atomic mass is 32.2. The summed E-state index contributed by atoms with van der Waals surface area (Å²) in [5.74, 6) is 0.358. The number of hydrogen-bond acceptors (Lipinski definition) is 5. The van der Waals surface area contributed by atoms with Gasteiger partial charge in [0.05, 0.1) is 6.33 Å². The number of rotatable bonds is 3. The Kier molecular flexibility index (Phi) is 5.04. The highest BCUT2D eigenvalue weighted by Gasteiger charge is 2.49. The van der Waals surface area contributed by atoms with Gasteiger partial charge in [0.2, 0.25) is 0 Å². The van der Waals surface area contributed by atoms with Gasteiger partial charge < -0.3 is 14.6 Å². The number of imidazole rings is 1. The Hall–Kier alpha value is -1.61. The number of nitrogens with zero attached hydrogens (tertiary/aromatic N) is 3. The van der Waals surface area contributed by atoms with Crippen LogP contribution in [0.3, 0.4) is 0 Å². The molecule has 1 N–H and O–H groups in total. The predicted molar refractivity (Wildman–Crippen MR) is 95.7 cm³/mol. The molecule has 1 aromatic heterocycles. The molecule has 146 valence electrons. The van der Waals surface area contributed by atoms with Crippen LogP contribution >= 0.6 is 0 Å². The van der Waals surface area contributed by atoms with Crippen molar-refractivity contribution in [2.45, 2.75) is 63.2 Å². The van der Waals surface area contributed by atoms with Crippen LogP contribution in [0.15, 0.2) is 17.6 Å². The highest BCUT2D eigenvalue weighted by Crippen LogP contribution is 2.41. The molecule has 2 heterocycles. The first-order valence-corrected chi connectivity index (χ1v) is 10.5. The average molecular weight is 385 g/mol. The van der Waals surface area contributed by atoms with Gasteiger partial charge in [-0.15, -0.1) is 0 Å². The van der Waals surface area contributed by atoms with E-state index in [-0.39, 0.29) is 16.9 Å². The summed E-state index contributed by atoms with van der Waals surface area (Å²) in [5, 5.41) is 2.83. The summed E-state index contributed by atoms with van der Waals surface area (Å²) in [4.78, 5) is 16.3. The summed E-state index contributed by atoms with van der Waals surface area (Å²) in [5.41, 5.74) is -0.640. The van der Waals surface area contributed by atoms with Crippen LogP contribution < -0.4 is 5.32 Å². The lowest BCUT2D eigenvalue weighted by Gasteiger charge is -2.31. The number of carbonyl (C=O) groups is 1. The summed E-state index contributed by atoms with van der Waals surface area (Å²) in [7, 11) is -2.06. The number of nitrogens with one attached hydrogen (secondary N) is 1. The smallest absolute Gasteiger partial charge is 0.408 e. The van der Waals surface area contributed by atoms with E-state index in [1.165, 1.54) is 16.8 Å². The summed E-state index contributed by atoms with van der Waals surface area (Å²) < 4.78 is 34.6. The zero-order valence-electron chi connectivity index (χ0n) is 15.8. The average Bonchev–Trinajstić information content (AvgIpc) is 3.11. The third-order valence-electron chi connectivity index (χ3n) is 5.02. The molecule has 1 amide bonds. The number of ether oxygens (including phenoxy) is 1. The molecule has 1 aliphatic heterocycles. The number of alkyl carbamates (subject to hydrolysis) is 1. The number of sulfonamides is 1. The van der Waals surface area contributed by atoms with E-state index in [1.807, 2.05) is 0 Å². The van der Waals surface area contributed by atoms with E-state index in [4.69, 9.17) is 4.74 Å². The van der Waals surface area contributed by atoms with Gasteiger partial charge >= 0.3 is 6.09 Å². The number of amides is 1. The van der Waals surface area contributed by atoms with Crippen molar-refractivity contribution in [1.82, 2.24) is 19.2 Å². The SMILES string of the molecule is Cn1cnc(S(=O)(=O)N2CC3CCCCC3[C@@H]2NC(=O)OC(C)(C)C)c1. The van der Waals surface area contributed by atoms with Gasteiger partial charge in [0.1, 0.15) is 11.8 Å². The number of aromatic nitrogens is 2. The van der Waals surface area contributed by atoms with Crippen molar-refractivity contribution in [1.29, 1.82) is 0 Å². The molecule has 0 spiro atoms. The molecule has 0 bridgehead atoms. The van der Waals surface area contributed by atoms with Gasteiger partial charge in [-0.05, 0) is 45.4 Å². The van der Waals surface area contributed by atoms with Crippen LogP contribution in [0.1, 0.15) is 46.5 Å². The fourth-order valence-corrected chi connectivity index (χ4v) is 5.55. The molecular weight excluding hydrogens is 356 g/mol. The van der Waals surface area contributed by atoms with Crippen LogP contribution in [0.4, 0.5) is 4.79 Å². The zero-order valence-corrected chi connectivity index (χ0v) is 16.6. The quantitative estimate of drug-likeness (QED) is 0.861. The maximum Gasteiger partial charge on any atom is 0.408 e. The monoisotopic (exact) mass is 384 g/mol. The molecule has 8 nitrogen and oxygen atoms in total. The molecule has 0 radical (unpaired) electrons. The van der Waals surface area contributed by atoms with Crippen LogP contribution in [0, 0.1) is 11.8 Å². The second-order valence-corrected chi connectivity index (χ2v) is 10.1. The van der Waals surface area contributed by atoms with Crippen molar-refractivity contribution >= 4 is 16.1 Å². The summed E-state index contributed by atoms with van der Waals surface area (Å²) in [6.45, 7) is 5.76. The summed E-state index contributed by atoms with van der Waals surface area (Å²) in [6.07, 6.45) is 5.79. The lowest BCUT2D eigenvalue weighted by Crippen LogP contribution is -2.51. The van der Waals surface area contributed by atoms with Gasteiger partial charge in [-0.25, -0.2) is 18.2 Å². The molecule has 3 atom stereocenters. The molecule has 2 fully saturated rings. The van der Waals surface area contributed by atoms with Gasteiger partial charge in [-0.2, -0.15) is 4.31 Å². The lowest BCUT2D eigenvalue weighted by molar-refractivity contribution is 0.0451. The summed E-state index contributed by atoms with van der Waals surface area (Å²) >= 11 is 0. The minimum absolute atomic E-state index is 0.00892. The number of fused-ring (bicyclic) bond motifs is 1. The van der Waals surface area contributed by atoms with Gasteiger partial charge in [0.15, 0.2) is 5.03 Å². The molecule has 9 heteroatoms. The number of hydrogen-bond donors (Lipinski definition) is 1. The molecule has 0 aromatic carbocycles. The van der Waals surface area contributed by atoms with E-state index in [0.717, 1.165) is 25.7 Å². The first kappa shape index (κ1) is 19.2. The van der Waals surface area contributed by atoms with E-state index in [0.29, 0.717) is 6.54 Å². The minimum atomic E-state index is -3.78. The molecule has 1 aliphatic carbocycles. The number of carbonyl (C=O) groups excluding carboxylic acids is 1. The van der Waals surface area contributed by atoms with Crippen LogP contribution in [0.25, 0.3) is 0 Å². The molecule has 3 rings (SSSR count). The molecule has 2 aliphatic rings. The second-order valence-electron chi connectivity index (χ2n) is 8.25. The van der Waals surface area contributed by atoms with Gasteiger partial charge in [-0.3, -0.25) is 0 Å². The Morgan fingerprint density at radius 1 is 1.31 bits per heavy atom. The largest absolute Gasteiger partial charge is 0.444 e. The van der Waals surface area contributed by atoms with Crippen molar-refractivity contribution in [3.8, 4) is 0 Å². The fraction of sp³-hybridized carbons (Fsp3) is 0.765. The Morgan fingerprint density at radius 3 is 2.62 bits per heavy atom. The predicted octanol–water partition coefficient (Wildman–Crippen LogP) is 2.08. The molecule has 1 saturated carbocycles. The third kappa shape index (κ3) is 3.88. The van der Waals surface area contributed by atoms with Gasteiger partial charge in [-0.1, -0.05) is 12.8 Å². The standard InChI is InChI=1S/C17H28N4O4S/c1-17(2,3)25-16(22)19-15-13-8-6-5-7-12(13)9-21(15)26(23,24)14-10-20(4)11-18-14/h10-13,15H,5-9H2,1-4H3,(H,19,22)/t12?,13?,15-/m1/s1. The Balaban J connectivity index is 1.87. The number of aryl methyl sites for hydroxylation is 1. The van der Waals surface area contributed by atoms with E-state index < -0.39 is 27.9 Å². The maximum absolute atomic E-state index is 13.1. The van der Waals surface area contributed by atoms with Gasteiger partial charge in [0, 0.05) is 19.8 Å². The molecule has 1 aromatic rings. The first-order valence-electron chi connectivity index (χ1n) is 9.07. The molecular formula is C17H28N4O4S. The van der Waals surface area contributed by atoms with E-state index >= 15 is 0 Å². The lowest BCUT2D eigenvalue weighted by atomic mass is 9.80. The van der Waals surface area contributed by atoms with E-state index in [1.54, 1.807) is 32.4 Å². The first-order chi connectivity index (χ1) is 12.1. The van der Waals surface area contributed by atoms with Crippen molar-refractivity contribution in [3.63, 3.8) is 0 Å². The Morgan fingerprint density at radius 2 is 2.00 bits per heavy atom. The van der Waals surface area contributed by atoms with Crippen molar-refractivity contribution < 1.29 is 17.9 Å².